The topological polar surface area (TPSA) is 58.7 Å². The van der Waals surface area contributed by atoms with Crippen molar-refractivity contribution in [1.29, 1.82) is 0 Å². The van der Waals surface area contributed by atoms with E-state index in [-0.39, 0.29) is 10.9 Å². The lowest BCUT2D eigenvalue weighted by atomic mass is 10.4. The molecular weight excluding hydrogens is 96.0 g/mol. The summed E-state index contributed by atoms with van der Waals surface area (Å²) in [6, 6.07) is -0.273. The molecule has 0 saturated heterocycles. The third-order valence-electron chi connectivity index (χ3n) is 0.530. The molecule has 0 unspecified atom stereocenters. The van der Waals surface area contributed by atoms with Gasteiger partial charge < -0.3 is 10.4 Å². The summed E-state index contributed by atoms with van der Waals surface area (Å²) >= 11 is 0. The summed E-state index contributed by atoms with van der Waals surface area (Å²) in [7, 11) is 0. The van der Waals surface area contributed by atoms with Crippen molar-refractivity contribution in [2.45, 2.75) is 19.9 Å². The Labute approximate surface area is 41.6 Å². The van der Waals surface area contributed by atoms with Gasteiger partial charge in [0.2, 0.25) is 0 Å². The maximum Gasteiger partial charge on any atom is 0.197 e. The number of hydrogen-bond acceptors (Lipinski definition) is 2. The van der Waals surface area contributed by atoms with E-state index in [0.29, 0.717) is 0 Å². The SMILES string of the molecule is CC(C)/[N+]([O-])=N/O. The van der Waals surface area contributed by atoms with Gasteiger partial charge in [-0.2, -0.15) is 0 Å². The molecule has 42 valence electrons. The Hall–Kier alpha value is -0.800. The fourth-order valence-electron chi connectivity index (χ4n) is 0.103. The molecule has 0 radical (unpaired) electrons. The first-order valence-corrected chi connectivity index (χ1v) is 2.00. The third kappa shape index (κ3) is 1.97. The molecule has 0 aliphatic rings. The number of hydrogen-bond donors (Lipinski definition) is 1. The van der Waals surface area contributed by atoms with Crippen molar-refractivity contribution in [2.75, 3.05) is 0 Å². The summed E-state index contributed by atoms with van der Waals surface area (Å²) in [5, 5.41) is 20.1. The molecule has 0 atom stereocenters. The molecule has 7 heavy (non-hydrogen) atoms. The lowest BCUT2D eigenvalue weighted by Gasteiger charge is -1.97. The van der Waals surface area contributed by atoms with E-state index < -0.39 is 0 Å². The van der Waals surface area contributed by atoms with Gasteiger partial charge in [-0.15, -0.1) is 0 Å². The van der Waals surface area contributed by atoms with Gasteiger partial charge >= 0.3 is 0 Å². The Morgan fingerprint density at radius 2 is 2.14 bits per heavy atom. The molecular formula is C3H8N2O2. The summed E-state index contributed by atoms with van der Waals surface area (Å²) in [6.45, 7) is 3.26. The highest BCUT2D eigenvalue weighted by atomic mass is 16.6. The summed E-state index contributed by atoms with van der Waals surface area (Å²) in [6.07, 6.45) is 0. The van der Waals surface area contributed by atoms with Crippen LogP contribution in [0.25, 0.3) is 0 Å². The zero-order valence-corrected chi connectivity index (χ0v) is 4.33. The maximum atomic E-state index is 10.0. The summed E-state index contributed by atoms with van der Waals surface area (Å²) in [4.78, 5) is 0.222. The zero-order chi connectivity index (χ0) is 5.86. The van der Waals surface area contributed by atoms with E-state index in [1.807, 2.05) is 0 Å². The van der Waals surface area contributed by atoms with E-state index in [4.69, 9.17) is 5.21 Å². The van der Waals surface area contributed by atoms with E-state index in [2.05, 4.69) is 5.28 Å². The molecule has 0 aliphatic heterocycles. The van der Waals surface area contributed by atoms with Gasteiger partial charge in [-0.05, 0) is 0 Å². The van der Waals surface area contributed by atoms with Crippen LogP contribution in [-0.4, -0.2) is 16.1 Å². The smallest absolute Gasteiger partial charge is 0.197 e. The van der Waals surface area contributed by atoms with E-state index >= 15 is 0 Å². The Morgan fingerprint density at radius 1 is 1.71 bits per heavy atom. The molecule has 0 spiro atoms. The van der Waals surface area contributed by atoms with Crippen LogP contribution >= 0.6 is 0 Å². The molecule has 0 bridgehead atoms. The van der Waals surface area contributed by atoms with Gasteiger partial charge in [0, 0.05) is 13.8 Å². The predicted molar refractivity (Wildman–Crippen MR) is 23.0 cm³/mol. The summed E-state index contributed by atoms with van der Waals surface area (Å²) in [5.41, 5.74) is 0. The number of hydroxylamine groups is 1. The van der Waals surface area contributed by atoms with Crippen LogP contribution in [0.15, 0.2) is 5.28 Å². The van der Waals surface area contributed by atoms with E-state index in [0.717, 1.165) is 0 Å². The van der Waals surface area contributed by atoms with Gasteiger partial charge in [-0.1, -0.05) is 4.86 Å². The van der Waals surface area contributed by atoms with Crippen LogP contribution in [-0.2, 0) is 0 Å². The quantitative estimate of drug-likeness (QED) is 0.303. The van der Waals surface area contributed by atoms with Gasteiger partial charge in [0.1, 0.15) is 0 Å². The molecule has 0 rings (SSSR count). The van der Waals surface area contributed by atoms with Gasteiger partial charge in [-0.25, -0.2) is 0 Å². The lowest BCUT2D eigenvalue weighted by Crippen LogP contribution is -2.10. The average Bonchev–Trinajstić information content (AvgIpc) is 1.65. The van der Waals surface area contributed by atoms with Crippen molar-refractivity contribution in [3.05, 3.63) is 5.21 Å². The predicted octanol–water partition coefficient (Wildman–Crippen LogP) is 0.746. The molecule has 0 aromatic carbocycles. The number of rotatable bonds is 1. The minimum atomic E-state index is -0.273. The van der Waals surface area contributed by atoms with Crippen LogP contribution < -0.4 is 0 Å². The highest BCUT2D eigenvalue weighted by Crippen LogP contribution is 1.83. The molecule has 0 aliphatic carbocycles. The van der Waals surface area contributed by atoms with Crippen LogP contribution in [0.3, 0.4) is 0 Å². The lowest BCUT2D eigenvalue weighted by molar-refractivity contribution is -0.584. The first-order valence-electron chi connectivity index (χ1n) is 2.00. The Balaban J connectivity index is 3.56. The van der Waals surface area contributed by atoms with Crippen molar-refractivity contribution in [2.24, 2.45) is 5.28 Å². The molecule has 0 saturated carbocycles. The molecule has 4 nitrogen and oxygen atoms in total. The molecule has 1 N–H and O–H groups in total. The van der Waals surface area contributed by atoms with Crippen molar-refractivity contribution in [3.63, 3.8) is 0 Å². The molecule has 4 heteroatoms. The number of nitrogens with zero attached hydrogens (tertiary/aromatic N) is 2. The van der Waals surface area contributed by atoms with Crippen LogP contribution in [0.5, 0.6) is 0 Å². The summed E-state index contributed by atoms with van der Waals surface area (Å²) < 4.78 is 0. The minimum Gasteiger partial charge on any atom is -0.597 e. The van der Waals surface area contributed by atoms with Gasteiger partial charge in [0.15, 0.2) is 11.3 Å². The van der Waals surface area contributed by atoms with Crippen LogP contribution in [0.4, 0.5) is 0 Å². The fraction of sp³-hybridized carbons (Fsp3) is 1.00. The molecule has 0 fully saturated rings. The fourth-order valence-corrected chi connectivity index (χ4v) is 0.103. The second-order valence-corrected chi connectivity index (χ2v) is 1.49. The largest absolute Gasteiger partial charge is 0.597 e. The van der Waals surface area contributed by atoms with Gasteiger partial charge in [0.25, 0.3) is 0 Å². The van der Waals surface area contributed by atoms with Gasteiger partial charge in [0.05, 0.1) is 0 Å². The Morgan fingerprint density at radius 3 is 2.14 bits per heavy atom. The molecule has 0 aromatic heterocycles. The third-order valence-corrected chi connectivity index (χ3v) is 0.530. The van der Waals surface area contributed by atoms with E-state index in [1.165, 1.54) is 0 Å². The van der Waals surface area contributed by atoms with Crippen molar-refractivity contribution in [3.8, 4) is 0 Å². The zero-order valence-electron chi connectivity index (χ0n) is 4.33. The highest BCUT2D eigenvalue weighted by Gasteiger charge is 1.98. The molecule has 0 amide bonds. The second-order valence-electron chi connectivity index (χ2n) is 1.49. The first kappa shape index (κ1) is 6.20. The van der Waals surface area contributed by atoms with E-state index in [9.17, 15) is 5.21 Å². The van der Waals surface area contributed by atoms with Crippen molar-refractivity contribution < 1.29 is 10.1 Å². The van der Waals surface area contributed by atoms with Crippen molar-refractivity contribution >= 4 is 0 Å². The Bertz CT molecular complexity index is 79.0. The van der Waals surface area contributed by atoms with Crippen LogP contribution in [0, 0.1) is 5.21 Å². The molecule has 0 heterocycles. The summed E-state index contributed by atoms with van der Waals surface area (Å²) in [5.74, 6) is 0. The van der Waals surface area contributed by atoms with Crippen LogP contribution in [0.1, 0.15) is 13.8 Å². The normalized spacial score (nSPS) is 12.7. The van der Waals surface area contributed by atoms with E-state index in [1.54, 1.807) is 13.8 Å². The first-order chi connectivity index (χ1) is 3.18. The standard InChI is InChI=1S/C3H8N2O2/c1-3(2)5(7)4-6/h3,6H,1-2H3/b5-4-. The van der Waals surface area contributed by atoms with Crippen LogP contribution in [0.2, 0.25) is 0 Å². The Kier molecular flexibility index (Phi) is 2.11. The minimum absolute atomic E-state index is 0.222. The van der Waals surface area contributed by atoms with Crippen molar-refractivity contribution in [1.82, 2.24) is 0 Å². The monoisotopic (exact) mass is 104 g/mol. The second kappa shape index (κ2) is 2.39. The van der Waals surface area contributed by atoms with Gasteiger partial charge in [-0.3, -0.25) is 0 Å². The highest BCUT2D eigenvalue weighted by molar-refractivity contribution is 4.26. The maximum absolute atomic E-state index is 10.0. The molecule has 0 aromatic rings. The average molecular weight is 104 g/mol.